The van der Waals surface area contributed by atoms with E-state index >= 15 is 0 Å². The lowest BCUT2D eigenvalue weighted by molar-refractivity contribution is 0.0637. The minimum absolute atomic E-state index is 0.191. The molecule has 1 unspecified atom stereocenters. The molecule has 0 saturated carbocycles. The van der Waals surface area contributed by atoms with E-state index in [1.54, 1.807) is 18.2 Å². The molecule has 0 saturated heterocycles. The van der Waals surface area contributed by atoms with Crippen LogP contribution in [0.5, 0.6) is 5.75 Å². The van der Waals surface area contributed by atoms with Crippen LogP contribution in [0.15, 0.2) is 48.5 Å². The van der Waals surface area contributed by atoms with E-state index in [9.17, 15) is 5.11 Å². The van der Waals surface area contributed by atoms with Crippen LogP contribution in [0.4, 0.5) is 0 Å². The van der Waals surface area contributed by atoms with E-state index in [1.165, 1.54) is 11.1 Å². The topological polar surface area (TPSA) is 56.5 Å². The monoisotopic (exact) mass is 308 g/mol. The highest BCUT2D eigenvalue weighted by molar-refractivity contribution is 5.42. The zero-order valence-corrected chi connectivity index (χ0v) is 13.0. The zero-order valence-electron chi connectivity index (χ0n) is 13.0. The molecule has 23 heavy (non-hydrogen) atoms. The molecular weight excluding hydrogens is 288 g/mol. The summed E-state index contributed by atoms with van der Waals surface area (Å²) in [6.45, 7) is 2.57. The summed E-state index contributed by atoms with van der Waals surface area (Å²) < 4.78 is 5.60. The number of nitrogens with zero attached hydrogens (tertiary/aromatic N) is 2. The van der Waals surface area contributed by atoms with Gasteiger partial charge in [0.25, 0.3) is 0 Å². The van der Waals surface area contributed by atoms with Crippen LogP contribution < -0.4 is 4.74 Å². The van der Waals surface area contributed by atoms with Gasteiger partial charge < -0.3 is 9.84 Å². The Balaban J connectivity index is 1.52. The van der Waals surface area contributed by atoms with Crippen molar-refractivity contribution in [2.24, 2.45) is 0 Å². The number of aliphatic hydroxyl groups is 1. The summed E-state index contributed by atoms with van der Waals surface area (Å²) in [6, 6.07) is 17.6. The van der Waals surface area contributed by atoms with Crippen molar-refractivity contribution in [2.75, 3.05) is 19.7 Å². The highest BCUT2D eigenvalue weighted by Crippen LogP contribution is 2.19. The third-order valence-corrected chi connectivity index (χ3v) is 4.12. The van der Waals surface area contributed by atoms with Crippen LogP contribution in [0.25, 0.3) is 0 Å². The van der Waals surface area contributed by atoms with Crippen molar-refractivity contribution in [3.63, 3.8) is 0 Å². The number of hydrogen-bond acceptors (Lipinski definition) is 4. The summed E-state index contributed by atoms with van der Waals surface area (Å²) >= 11 is 0. The largest absolute Gasteiger partial charge is 0.489 e. The van der Waals surface area contributed by atoms with Gasteiger partial charge in [0.15, 0.2) is 0 Å². The summed E-state index contributed by atoms with van der Waals surface area (Å²) in [5, 5.41) is 19.3. The molecule has 0 bridgehead atoms. The summed E-state index contributed by atoms with van der Waals surface area (Å²) in [7, 11) is 0. The maximum atomic E-state index is 10.2. The second kappa shape index (κ2) is 7.28. The van der Waals surface area contributed by atoms with Crippen molar-refractivity contribution in [2.45, 2.75) is 19.1 Å². The molecule has 0 aromatic heterocycles. The smallest absolute Gasteiger partial charge is 0.137 e. The van der Waals surface area contributed by atoms with Crippen LogP contribution in [-0.4, -0.2) is 35.8 Å². The minimum Gasteiger partial charge on any atom is -0.489 e. The van der Waals surface area contributed by atoms with Crippen molar-refractivity contribution in [3.05, 3.63) is 65.2 Å². The van der Waals surface area contributed by atoms with E-state index in [4.69, 9.17) is 10.00 Å². The van der Waals surface area contributed by atoms with Gasteiger partial charge in [0.1, 0.15) is 24.5 Å². The van der Waals surface area contributed by atoms with Crippen molar-refractivity contribution in [1.82, 2.24) is 4.90 Å². The third kappa shape index (κ3) is 3.89. The summed E-state index contributed by atoms with van der Waals surface area (Å²) in [6.07, 6.45) is 0.438. The molecule has 0 spiro atoms. The average molecular weight is 308 g/mol. The van der Waals surface area contributed by atoms with Gasteiger partial charge in [-0.25, -0.2) is 0 Å². The fourth-order valence-corrected chi connectivity index (χ4v) is 2.93. The number of rotatable bonds is 5. The van der Waals surface area contributed by atoms with Crippen molar-refractivity contribution < 1.29 is 9.84 Å². The second-order valence-electron chi connectivity index (χ2n) is 5.83. The fourth-order valence-electron chi connectivity index (χ4n) is 2.93. The summed E-state index contributed by atoms with van der Waals surface area (Å²) in [5.41, 5.74) is 3.23. The standard InChI is InChI=1S/C19H20N2O2/c20-11-16-6-3-4-8-19(16)23-14-18(22)13-21-10-9-15-5-1-2-7-17(15)12-21/h1-8,18,22H,9-10,12-14H2. The zero-order chi connectivity index (χ0) is 16.1. The van der Waals surface area contributed by atoms with Gasteiger partial charge in [-0.2, -0.15) is 5.26 Å². The van der Waals surface area contributed by atoms with Crippen molar-refractivity contribution in [3.8, 4) is 11.8 Å². The molecule has 2 aromatic carbocycles. The number of nitriles is 1. The molecule has 1 aliphatic heterocycles. The van der Waals surface area contributed by atoms with Gasteiger partial charge in [0.05, 0.1) is 5.56 Å². The van der Waals surface area contributed by atoms with E-state index in [0.717, 1.165) is 19.5 Å². The summed E-state index contributed by atoms with van der Waals surface area (Å²) in [4.78, 5) is 2.24. The van der Waals surface area contributed by atoms with Crippen LogP contribution in [0, 0.1) is 11.3 Å². The fraction of sp³-hybridized carbons (Fsp3) is 0.316. The van der Waals surface area contributed by atoms with Crippen LogP contribution in [0.2, 0.25) is 0 Å². The van der Waals surface area contributed by atoms with Crippen LogP contribution in [0.3, 0.4) is 0 Å². The Labute approximate surface area is 136 Å². The Morgan fingerprint density at radius 2 is 1.87 bits per heavy atom. The maximum absolute atomic E-state index is 10.2. The number of ether oxygens (including phenoxy) is 1. The predicted molar refractivity (Wildman–Crippen MR) is 88.1 cm³/mol. The number of para-hydroxylation sites is 1. The average Bonchev–Trinajstić information content (AvgIpc) is 2.60. The number of fused-ring (bicyclic) bond motifs is 1. The molecule has 3 rings (SSSR count). The Morgan fingerprint density at radius 1 is 1.13 bits per heavy atom. The van der Waals surface area contributed by atoms with Crippen molar-refractivity contribution in [1.29, 1.82) is 5.26 Å². The predicted octanol–water partition coefficient (Wildman–Crippen LogP) is 2.36. The lowest BCUT2D eigenvalue weighted by Crippen LogP contribution is -2.38. The van der Waals surface area contributed by atoms with Gasteiger partial charge in [0.2, 0.25) is 0 Å². The number of aliphatic hydroxyl groups excluding tert-OH is 1. The summed E-state index contributed by atoms with van der Waals surface area (Å²) in [5.74, 6) is 0.526. The highest BCUT2D eigenvalue weighted by Gasteiger charge is 2.18. The first-order valence-electron chi connectivity index (χ1n) is 7.85. The molecule has 0 fully saturated rings. The maximum Gasteiger partial charge on any atom is 0.137 e. The molecule has 1 aliphatic rings. The lowest BCUT2D eigenvalue weighted by atomic mass is 10.00. The Hall–Kier alpha value is -2.35. The van der Waals surface area contributed by atoms with Gasteiger partial charge in [0, 0.05) is 19.6 Å². The molecule has 0 amide bonds. The van der Waals surface area contributed by atoms with Gasteiger partial charge in [-0.1, -0.05) is 36.4 Å². The molecule has 1 atom stereocenters. The normalized spacial score (nSPS) is 15.5. The Kier molecular flexibility index (Phi) is 4.92. The molecular formula is C19H20N2O2. The molecule has 2 aromatic rings. The minimum atomic E-state index is -0.577. The van der Waals surface area contributed by atoms with Crippen LogP contribution in [0.1, 0.15) is 16.7 Å². The number of hydrogen-bond donors (Lipinski definition) is 1. The number of β-amino-alcohol motifs (C(OH)–C–C–N with tert-alkyl or cyclic N) is 1. The van der Waals surface area contributed by atoms with Crippen molar-refractivity contribution >= 4 is 0 Å². The van der Waals surface area contributed by atoms with E-state index < -0.39 is 6.10 Å². The molecule has 118 valence electrons. The quantitative estimate of drug-likeness (QED) is 0.921. The first-order chi connectivity index (χ1) is 11.3. The van der Waals surface area contributed by atoms with E-state index in [0.29, 0.717) is 17.9 Å². The SMILES string of the molecule is N#Cc1ccccc1OCC(O)CN1CCc2ccccc2C1. The second-order valence-corrected chi connectivity index (χ2v) is 5.83. The lowest BCUT2D eigenvalue weighted by Gasteiger charge is -2.30. The Morgan fingerprint density at radius 3 is 2.70 bits per heavy atom. The third-order valence-electron chi connectivity index (χ3n) is 4.12. The van der Waals surface area contributed by atoms with Gasteiger partial charge in [-0.15, -0.1) is 0 Å². The van der Waals surface area contributed by atoms with Gasteiger partial charge in [-0.3, -0.25) is 4.90 Å². The molecule has 4 heteroatoms. The van der Waals surface area contributed by atoms with Crippen LogP contribution >= 0.6 is 0 Å². The molecule has 0 aliphatic carbocycles. The van der Waals surface area contributed by atoms with Gasteiger partial charge >= 0.3 is 0 Å². The van der Waals surface area contributed by atoms with Gasteiger partial charge in [-0.05, 0) is 29.7 Å². The molecule has 1 N–H and O–H groups in total. The van der Waals surface area contributed by atoms with E-state index in [-0.39, 0.29) is 6.61 Å². The Bertz CT molecular complexity index is 709. The first kappa shape index (κ1) is 15.5. The highest BCUT2D eigenvalue weighted by atomic mass is 16.5. The first-order valence-corrected chi connectivity index (χ1v) is 7.85. The van der Waals surface area contributed by atoms with E-state index in [1.807, 2.05) is 6.07 Å². The van der Waals surface area contributed by atoms with Crippen LogP contribution in [-0.2, 0) is 13.0 Å². The van der Waals surface area contributed by atoms with E-state index in [2.05, 4.69) is 35.2 Å². The molecule has 1 heterocycles. The molecule has 0 radical (unpaired) electrons. The molecule has 4 nitrogen and oxygen atoms in total. The number of benzene rings is 2.